The molecule has 3 heteroatoms. The van der Waals surface area contributed by atoms with E-state index in [9.17, 15) is 4.79 Å². The Morgan fingerprint density at radius 3 is 3.09 bits per heavy atom. The number of carbonyl (C=O) groups is 1. The number of alkyl carbamates (subject to hydrolysis) is 1. The molecule has 1 radical (unpaired) electrons. The lowest BCUT2D eigenvalue weighted by Gasteiger charge is -2.20. The molecular formula is C8H14NO2. The van der Waals surface area contributed by atoms with Gasteiger partial charge in [0.05, 0.1) is 0 Å². The van der Waals surface area contributed by atoms with Crippen LogP contribution in [0.2, 0.25) is 0 Å². The molecule has 0 aromatic heterocycles. The zero-order chi connectivity index (χ0) is 8.10. The summed E-state index contributed by atoms with van der Waals surface area (Å²) in [6, 6.07) is 0. The van der Waals surface area contributed by atoms with Gasteiger partial charge in [-0.1, -0.05) is 0 Å². The molecule has 0 aromatic rings. The molecule has 0 spiro atoms. The van der Waals surface area contributed by atoms with Crippen molar-refractivity contribution in [1.29, 1.82) is 0 Å². The molecular weight excluding hydrogens is 142 g/mol. The highest BCUT2D eigenvalue weighted by Gasteiger charge is 2.16. The molecule has 0 aromatic carbocycles. The summed E-state index contributed by atoms with van der Waals surface area (Å²) in [5, 5.41) is 2.44. The van der Waals surface area contributed by atoms with Crippen LogP contribution in [0.25, 0.3) is 0 Å². The molecule has 1 atom stereocenters. The highest BCUT2D eigenvalue weighted by molar-refractivity contribution is 5.66. The molecule has 0 heterocycles. The molecule has 1 rings (SSSR count). The van der Waals surface area contributed by atoms with Crippen LogP contribution >= 0.6 is 0 Å². The minimum atomic E-state index is -0.315. The van der Waals surface area contributed by atoms with Crippen LogP contribution in [0.15, 0.2) is 0 Å². The van der Waals surface area contributed by atoms with Crippen molar-refractivity contribution in [3.63, 3.8) is 0 Å². The van der Waals surface area contributed by atoms with Crippen molar-refractivity contribution in [3.8, 4) is 0 Å². The van der Waals surface area contributed by atoms with Gasteiger partial charge in [-0.2, -0.15) is 0 Å². The third-order valence-corrected chi connectivity index (χ3v) is 1.84. The van der Waals surface area contributed by atoms with Crippen molar-refractivity contribution in [2.24, 2.45) is 0 Å². The summed E-state index contributed by atoms with van der Waals surface area (Å²) < 4.78 is 5.06. The predicted octanol–water partition coefficient (Wildman–Crippen LogP) is 1.49. The SMILES string of the molecule is CNC(=O)OC1C[CH]CCC1. The molecule has 1 saturated carbocycles. The zero-order valence-electron chi connectivity index (χ0n) is 6.80. The van der Waals surface area contributed by atoms with E-state index in [-0.39, 0.29) is 12.2 Å². The van der Waals surface area contributed by atoms with Gasteiger partial charge < -0.3 is 10.1 Å². The van der Waals surface area contributed by atoms with Crippen molar-refractivity contribution in [2.45, 2.75) is 31.8 Å². The first-order valence-electron chi connectivity index (χ1n) is 4.03. The summed E-state index contributed by atoms with van der Waals surface area (Å²) in [5.41, 5.74) is 0. The van der Waals surface area contributed by atoms with E-state index in [2.05, 4.69) is 11.7 Å². The predicted molar refractivity (Wildman–Crippen MR) is 42.1 cm³/mol. The van der Waals surface area contributed by atoms with E-state index in [1.807, 2.05) is 0 Å². The van der Waals surface area contributed by atoms with Crippen LogP contribution in [-0.4, -0.2) is 19.2 Å². The van der Waals surface area contributed by atoms with Crippen LogP contribution in [0.5, 0.6) is 0 Å². The van der Waals surface area contributed by atoms with Crippen LogP contribution in [-0.2, 0) is 4.74 Å². The maximum absolute atomic E-state index is 10.7. The fourth-order valence-corrected chi connectivity index (χ4v) is 1.23. The molecule has 1 fully saturated rings. The lowest BCUT2D eigenvalue weighted by atomic mass is 9.98. The maximum atomic E-state index is 10.7. The minimum Gasteiger partial charge on any atom is -0.446 e. The summed E-state index contributed by atoms with van der Waals surface area (Å²) in [6.45, 7) is 0. The monoisotopic (exact) mass is 156 g/mol. The second kappa shape index (κ2) is 4.21. The van der Waals surface area contributed by atoms with Gasteiger partial charge in [-0.15, -0.1) is 0 Å². The lowest BCUT2D eigenvalue weighted by Crippen LogP contribution is -2.27. The van der Waals surface area contributed by atoms with Gasteiger partial charge in [-0.25, -0.2) is 4.79 Å². The maximum Gasteiger partial charge on any atom is 0.407 e. The highest BCUT2D eigenvalue weighted by Crippen LogP contribution is 2.19. The molecule has 1 aliphatic carbocycles. The smallest absolute Gasteiger partial charge is 0.407 e. The summed E-state index contributed by atoms with van der Waals surface area (Å²) in [7, 11) is 1.58. The molecule has 1 unspecified atom stereocenters. The van der Waals surface area contributed by atoms with Gasteiger partial charge in [0.2, 0.25) is 0 Å². The van der Waals surface area contributed by atoms with Crippen molar-refractivity contribution < 1.29 is 9.53 Å². The molecule has 0 aliphatic heterocycles. The normalized spacial score (nSPS) is 19.4. The number of amides is 1. The number of rotatable bonds is 1. The third-order valence-electron chi connectivity index (χ3n) is 1.84. The quantitative estimate of drug-likeness (QED) is 0.624. The van der Waals surface area contributed by atoms with E-state index in [0.29, 0.717) is 0 Å². The fraction of sp³-hybridized carbons (Fsp3) is 0.750. The molecule has 0 saturated heterocycles. The first kappa shape index (κ1) is 8.37. The lowest BCUT2D eigenvalue weighted by molar-refractivity contribution is 0.0861. The van der Waals surface area contributed by atoms with Crippen molar-refractivity contribution in [1.82, 2.24) is 5.32 Å². The van der Waals surface area contributed by atoms with Gasteiger partial charge in [0.1, 0.15) is 6.10 Å². The largest absolute Gasteiger partial charge is 0.446 e. The Bertz CT molecular complexity index is 130. The summed E-state index contributed by atoms with van der Waals surface area (Å²) in [5.74, 6) is 0. The van der Waals surface area contributed by atoms with E-state index in [0.717, 1.165) is 25.7 Å². The van der Waals surface area contributed by atoms with Gasteiger partial charge in [-0.05, 0) is 32.1 Å². The Labute approximate surface area is 67.1 Å². The van der Waals surface area contributed by atoms with Crippen LogP contribution in [0.1, 0.15) is 25.7 Å². The average molecular weight is 156 g/mol. The van der Waals surface area contributed by atoms with E-state index in [1.54, 1.807) is 7.05 Å². The second-order valence-corrected chi connectivity index (χ2v) is 2.73. The van der Waals surface area contributed by atoms with Crippen LogP contribution in [0, 0.1) is 6.42 Å². The second-order valence-electron chi connectivity index (χ2n) is 2.73. The number of hydrogen-bond acceptors (Lipinski definition) is 2. The Hall–Kier alpha value is -0.730. The summed E-state index contributed by atoms with van der Waals surface area (Å²) in [6.07, 6.45) is 6.19. The molecule has 3 nitrogen and oxygen atoms in total. The highest BCUT2D eigenvalue weighted by atomic mass is 16.6. The Morgan fingerprint density at radius 1 is 1.73 bits per heavy atom. The fourth-order valence-electron chi connectivity index (χ4n) is 1.23. The average Bonchev–Trinajstić information content (AvgIpc) is 2.06. The molecule has 1 N–H and O–H groups in total. The van der Waals surface area contributed by atoms with Crippen molar-refractivity contribution >= 4 is 6.09 Å². The number of nitrogens with one attached hydrogen (secondary N) is 1. The Morgan fingerprint density at radius 2 is 2.55 bits per heavy atom. The van der Waals surface area contributed by atoms with E-state index in [4.69, 9.17) is 4.74 Å². The van der Waals surface area contributed by atoms with Crippen LogP contribution in [0.3, 0.4) is 0 Å². The third kappa shape index (κ3) is 2.78. The molecule has 1 aliphatic rings. The van der Waals surface area contributed by atoms with Crippen LogP contribution in [0.4, 0.5) is 4.79 Å². The number of carbonyl (C=O) groups excluding carboxylic acids is 1. The first-order valence-corrected chi connectivity index (χ1v) is 4.03. The number of hydrogen-bond donors (Lipinski definition) is 1. The van der Waals surface area contributed by atoms with Gasteiger partial charge in [-0.3, -0.25) is 0 Å². The standard InChI is InChI=1S/C8H14NO2/c1-9-8(10)11-7-5-3-2-4-6-7/h3,7H,2,4-6H2,1H3,(H,9,10). The number of ether oxygens (including phenoxy) is 1. The van der Waals surface area contributed by atoms with E-state index in [1.165, 1.54) is 0 Å². The zero-order valence-corrected chi connectivity index (χ0v) is 6.80. The van der Waals surface area contributed by atoms with Crippen LogP contribution < -0.4 is 5.32 Å². The van der Waals surface area contributed by atoms with Gasteiger partial charge in [0, 0.05) is 7.05 Å². The van der Waals surface area contributed by atoms with Crippen molar-refractivity contribution in [2.75, 3.05) is 7.05 Å². The Balaban J connectivity index is 2.19. The molecule has 63 valence electrons. The van der Waals surface area contributed by atoms with Gasteiger partial charge in [0.15, 0.2) is 0 Å². The minimum absolute atomic E-state index is 0.115. The van der Waals surface area contributed by atoms with Gasteiger partial charge in [0.25, 0.3) is 0 Å². The Kier molecular flexibility index (Phi) is 3.20. The molecule has 1 amide bonds. The topological polar surface area (TPSA) is 38.3 Å². The first-order chi connectivity index (χ1) is 5.33. The van der Waals surface area contributed by atoms with E-state index < -0.39 is 0 Å². The van der Waals surface area contributed by atoms with E-state index >= 15 is 0 Å². The van der Waals surface area contributed by atoms with Gasteiger partial charge >= 0.3 is 6.09 Å². The van der Waals surface area contributed by atoms with Crippen molar-refractivity contribution in [3.05, 3.63) is 6.42 Å². The summed E-state index contributed by atoms with van der Waals surface area (Å²) >= 11 is 0. The molecule has 0 bridgehead atoms. The summed E-state index contributed by atoms with van der Waals surface area (Å²) in [4.78, 5) is 10.7. The molecule has 11 heavy (non-hydrogen) atoms.